The first-order valence-electron chi connectivity index (χ1n) is 3.86. The van der Waals surface area contributed by atoms with Crippen LogP contribution in [0.25, 0.3) is 0 Å². The molecule has 74 valence electrons. The molecule has 4 heteroatoms. The number of halogens is 2. The van der Waals surface area contributed by atoms with Crippen LogP contribution in [0.2, 0.25) is 0 Å². The number of alkyl halides is 2. The van der Waals surface area contributed by atoms with E-state index in [1.165, 1.54) is 6.92 Å². The molecule has 0 aromatic rings. The Hall–Kier alpha value is -0.220. The van der Waals surface area contributed by atoms with E-state index in [9.17, 15) is 8.78 Å². The summed E-state index contributed by atoms with van der Waals surface area (Å²) in [5, 5.41) is 0. The summed E-state index contributed by atoms with van der Waals surface area (Å²) in [5.41, 5.74) is 3.32. The molecule has 0 saturated carbocycles. The molecule has 1 atom stereocenters. The van der Waals surface area contributed by atoms with Crippen molar-refractivity contribution in [3.05, 3.63) is 0 Å². The summed E-state index contributed by atoms with van der Waals surface area (Å²) in [6.45, 7) is 6.55. The van der Waals surface area contributed by atoms with Gasteiger partial charge in [-0.3, -0.25) is 0 Å². The molecule has 0 aliphatic carbocycles. The first-order valence-corrected chi connectivity index (χ1v) is 3.86. The number of hydrogen-bond donors (Lipinski definition) is 1. The van der Waals surface area contributed by atoms with E-state index in [-0.39, 0.29) is 6.61 Å². The van der Waals surface area contributed by atoms with Crippen molar-refractivity contribution in [3.63, 3.8) is 0 Å². The van der Waals surface area contributed by atoms with Gasteiger partial charge in [-0.2, -0.15) is 0 Å². The number of nitrogens with two attached hydrogens (primary N) is 1. The van der Waals surface area contributed by atoms with Crippen LogP contribution in [0, 0.1) is 0 Å². The SMILES string of the molecule is CC(C)(C)OCC(C)(N)C(F)F. The van der Waals surface area contributed by atoms with Crippen molar-refractivity contribution < 1.29 is 13.5 Å². The molecule has 0 radical (unpaired) electrons. The Kier molecular flexibility index (Phi) is 3.59. The fourth-order valence-electron chi connectivity index (χ4n) is 0.435. The largest absolute Gasteiger partial charge is 0.374 e. The van der Waals surface area contributed by atoms with E-state index in [1.54, 1.807) is 20.8 Å². The third-order valence-electron chi connectivity index (χ3n) is 1.31. The average molecular weight is 181 g/mol. The molecule has 0 amide bonds. The highest BCUT2D eigenvalue weighted by molar-refractivity contribution is 4.82. The molecule has 0 fully saturated rings. The van der Waals surface area contributed by atoms with Crippen molar-refractivity contribution >= 4 is 0 Å². The summed E-state index contributed by atoms with van der Waals surface area (Å²) in [4.78, 5) is 0. The zero-order valence-corrected chi connectivity index (χ0v) is 8.03. The summed E-state index contributed by atoms with van der Waals surface area (Å²) in [5.74, 6) is 0. The van der Waals surface area contributed by atoms with Gasteiger partial charge in [0.1, 0.15) is 0 Å². The van der Waals surface area contributed by atoms with Gasteiger partial charge in [0, 0.05) is 0 Å². The highest BCUT2D eigenvalue weighted by atomic mass is 19.3. The summed E-state index contributed by atoms with van der Waals surface area (Å²) < 4.78 is 29.5. The van der Waals surface area contributed by atoms with E-state index in [0.29, 0.717) is 0 Å². The Morgan fingerprint density at radius 3 is 1.92 bits per heavy atom. The number of hydrogen-bond acceptors (Lipinski definition) is 2. The highest BCUT2D eigenvalue weighted by Gasteiger charge is 2.32. The molecular formula is C8H17F2NO. The van der Waals surface area contributed by atoms with Gasteiger partial charge in [0.25, 0.3) is 6.43 Å². The van der Waals surface area contributed by atoms with E-state index >= 15 is 0 Å². The lowest BCUT2D eigenvalue weighted by Gasteiger charge is -2.28. The van der Waals surface area contributed by atoms with Gasteiger partial charge in [0.15, 0.2) is 0 Å². The van der Waals surface area contributed by atoms with Crippen LogP contribution in [-0.2, 0) is 4.74 Å². The van der Waals surface area contributed by atoms with E-state index < -0.39 is 17.6 Å². The lowest BCUT2D eigenvalue weighted by atomic mass is 10.1. The van der Waals surface area contributed by atoms with E-state index in [4.69, 9.17) is 10.5 Å². The second-order valence-corrected chi connectivity index (χ2v) is 4.21. The highest BCUT2D eigenvalue weighted by Crippen LogP contribution is 2.16. The third kappa shape index (κ3) is 4.62. The maximum Gasteiger partial charge on any atom is 0.258 e. The van der Waals surface area contributed by atoms with Crippen LogP contribution in [0.1, 0.15) is 27.7 Å². The van der Waals surface area contributed by atoms with E-state index in [1.807, 2.05) is 0 Å². The fourth-order valence-corrected chi connectivity index (χ4v) is 0.435. The molecule has 0 heterocycles. The van der Waals surface area contributed by atoms with Crippen LogP contribution < -0.4 is 5.73 Å². The van der Waals surface area contributed by atoms with Crippen molar-refractivity contribution in [2.45, 2.75) is 45.3 Å². The second-order valence-electron chi connectivity index (χ2n) is 4.21. The summed E-state index contributed by atoms with van der Waals surface area (Å²) >= 11 is 0. The normalized spacial score (nSPS) is 18.0. The second kappa shape index (κ2) is 3.66. The Labute approximate surface area is 72.1 Å². The van der Waals surface area contributed by atoms with Crippen molar-refractivity contribution in [2.24, 2.45) is 5.73 Å². The predicted molar refractivity (Wildman–Crippen MR) is 44.3 cm³/mol. The topological polar surface area (TPSA) is 35.2 Å². The molecule has 1 unspecified atom stereocenters. The Morgan fingerprint density at radius 2 is 1.67 bits per heavy atom. The van der Waals surface area contributed by atoms with Gasteiger partial charge >= 0.3 is 0 Å². The standard InChI is InChI=1S/C8H17F2NO/c1-7(2,3)12-5-8(4,11)6(9)10/h6H,5,11H2,1-4H3. The van der Waals surface area contributed by atoms with Crippen molar-refractivity contribution in [3.8, 4) is 0 Å². The molecule has 0 aliphatic heterocycles. The van der Waals surface area contributed by atoms with Crippen LogP contribution in [0.15, 0.2) is 0 Å². The van der Waals surface area contributed by atoms with E-state index in [0.717, 1.165) is 0 Å². The molecule has 0 saturated heterocycles. The predicted octanol–water partition coefficient (Wildman–Crippen LogP) is 1.78. The lowest BCUT2D eigenvalue weighted by molar-refractivity contribution is -0.0628. The first-order chi connectivity index (χ1) is 5.15. The molecule has 0 aromatic heterocycles. The zero-order chi connectivity index (χ0) is 9.99. The monoisotopic (exact) mass is 181 g/mol. The quantitative estimate of drug-likeness (QED) is 0.720. The van der Waals surface area contributed by atoms with Gasteiger partial charge < -0.3 is 10.5 Å². The smallest absolute Gasteiger partial charge is 0.258 e. The zero-order valence-electron chi connectivity index (χ0n) is 8.03. The molecular weight excluding hydrogens is 164 g/mol. The maximum atomic E-state index is 12.2. The fraction of sp³-hybridized carbons (Fsp3) is 1.00. The third-order valence-corrected chi connectivity index (χ3v) is 1.31. The molecule has 12 heavy (non-hydrogen) atoms. The number of rotatable bonds is 3. The summed E-state index contributed by atoms with van der Waals surface area (Å²) in [6.07, 6.45) is -2.56. The van der Waals surface area contributed by atoms with Crippen molar-refractivity contribution in [1.82, 2.24) is 0 Å². The Bertz CT molecular complexity index is 140. The van der Waals surface area contributed by atoms with Crippen LogP contribution in [0.4, 0.5) is 8.78 Å². The van der Waals surface area contributed by atoms with Crippen molar-refractivity contribution in [2.75, 3.05) is 6.61 Å². The molecule has 0 rings (SSSR count). The van der Waals surface area contributed by atoms with Crippen molar-refractivity contribution in [1.29, 1.82) is 0 Å². The van der Waals surface area contributed by atoms with Gasteiger partial charge in [-0.05, 0) is 27.7 Å². The maximum absolute atomic E-state index is 12.2. The molecule has 0 bridgehead atoms. The van der Waals surface area contributed by atoms with Gasteiger partial charge in [0.05, 0.1) is 17.7 Å². The van der Waals surface area contributed by atoms with Crippen LogP contribution in [-0.4, -0.2) is 24.2 Å². The molecule has 2 N–H and O–H groups in total. The van der Waals surface area contributed by atoms with Gasteiger partial charge in [-0.1, -0.05) is 0 Å². The Balaban J connectivity index is 3.93. The molecule has 0 spiro atoms. The summed E-state index contributed by atoms with van der Waals surface area (Å²) in [6, 6.07) is 0. The van der Waals surface area contributed by atoms with E-state index in [2.05, 4.69) is 0 Å². The molecule has 2 nitrogen and oxygen atoms in total. The molecule has 0 aliphatic rings. The van der Waals surface area contributed by atoms with Gasteiger partial charge in [-0.15, -0.1) is 0 Å². The van der Waals surface area contributed by atoms with Crippen LogP contribution in [0.5, 0.6) is 0 Å². The Morgan fingerprint density at radius 1 is 1.25 bits per heavy atom. The lowest BCUT2D eigenvalue weighted by Crippen LogP contribution is -2.49. The van der Waals surface area contributed by atoms with Crippen LogP contribution in [0.3, 0.4) is 0 Å². The minimum Gasteiger partial charge on any atom is -0.374 e. The molecule has 0 aromatic carbocycles. The summed E-state index contributed by atoms with van der Waals surface area (Å²) in [7, 11) is 0. The van der Waals surface area contributed by atoms with Gasteiger partial charge in [0.2, 0.25) is 0 Å². The minimum atomic E-state index is -2.56. The van der Waals surface area contributed by atoms with Gasteiger partial charge in [-0.25, -0.2) is 8.78 Å². The van der Waals surface area contributed by atoms with Crippen LogP contribution >= 0.6 is 0 Å². The first kappa shape index (κ1) is 11.8. The minimum absolute atomic E-state index is 0.131. The number of ether oxygens (including phenoxy) is 1. The average Bonchev–Trinajstić information content (AvgIpc) is 1.82.